The number of likely N-dealkylation sites (N-methyl/N-ethyl adjacent to an activating group) is 1. The first-order valence-electron chi connectivity index (χ1n) is 8.18. The molecule has 0 radical (unpaired) electrons. The molecule has 0 saturated heterocycles. The second kappa shape index (κ2) is 8.89. The summed E-state index contributed by atoms with van der Waals surface area (Å²) in [5, 5.41) is 21.7. The number of nitro benzene ring substituents is 2. The monoisotopic (exact) mass is 343 g/mol. The van der Waals surface area contributed by atoms with Gasteiger partial charge in [0.15, 0.2) is 0 Å². The summed E-state index contributed by atoms with van der Waals surface area (Å²) >= 11 is 0. The van der Waals surface area contributed by atoms with Crippen LogP contribution in [0, 0.1) is 20.2 Å². The molecule has 0 saturated carbocycles. The topological polar surface area (TPSA) is 89.5 Å². The highest BCUT2D eigenvalue weighted by atomic mass is 16.6. The zero-order valence-corrected chi connectivity index (χ0v) is 14.1. The van der Waals surface area contributed by atoms with Crippen molar-refractivity contribution in [1.82, 2.24) is 4.90 Å². The van der Waals surface area contributed by atoms with Crippen molar-refractivity contribution in [3.8, 4) is 0 Å². The third-order valence-corrected chi connectivity index (χ3v) is 4.12. The van der Waals surface area contributed by atoms with Gasteiger partial charge in [0, 0.05) is 37.4 Å². The maximum absolute atomic E-state index is 10.8. The number of hydrogen-bond acceptors (Lipinski definition) is 5. The van der Waals surface area contributed by atoms with Crippen LogP contribution in [0.15, 0.2) is 48.5 Å². The molecule has 25 heavy (non-hydrogen) atoms. The van der Waals surface area contributed by atoms with Crippen LogP contribution in [0.3, 0.4) is 0 Å². The summed E-state index contributed by atoms with van der Waals surface area (Å²) in [4.78, 5) is 23.1. The molecule has 2 aromatic rings. The van der Waals surface area contributed by atoms with Gasteiger partial charge in [-0.15, -0.1) is 0 Å². The van der Waals surface area contributed by atoms with E-state index in [2.05, 4.69) is 11.8 Å². The molecular formula is C18H21N3O4. The van der Waals surface area contributed by atoms with Crippen molar-refractivity contribution in [2.24, 2.45) is 0 Å². The minimum absolute atomic E-state index is 0.108. The predicted octanol–water partition coefficient (Wildman–Crippen LogP) is 3.61. The summed E-state index contributed by atoms with van der Waals surface area (Å²) in [6, 6.07) is 13.4. The Kier molecular flexibility index (Phi) is 6.59. The third-order valence-electron chi connectivity index (χ3n) is 4.12. The summed E-state index contributed by atoms with van der Waals surface area (Å²) in [6.07, 6.45) is 1.45. The lowest BCUT2D eigenvalue weighted by molar-refractivity contribution is -0.385. The number of nitrogens with zero attached hydrogens (tertiary/aromatic N) is 3. The highest BCUT2D eigenvalue weighted by Crippen LogP contribution is 2.15. The number of rotatable bonds is 9. The van der Waals surface area contributed by atoms with Gasteiger partial charge in [-0.3, -0.25) is 20.2 Å². The zero-order chi connectivity index (χ0) is 18.2. The fraction of sp³-hybridized carbons (Fsp3) is 0.333. The first-order chi connectivity index (χ1) is 12.0. The van der Waals surface area contributed by atoms with E-state index in [0.717, 1.165) is 43.6 Å². The maximum atomic E-state index is 10.8. The van der Waals surface area contributed by atoms with E-state index in [1.807, 2.05) is 12.1 Å². The lowest BCUT2D eigenvalue weighted by atomic mass is 10.1. The molecule has 0 spiro atoms. The van der Waals surface area contributed by atoms with Gasteiger partial charge in [-0.1, -0.05) is 31.2 Å². The van der Waals surface area contributed by atoms with Gasteiger partial charge in [0.25, 0.3) is 11.4 Å². The Morgan fingerprint density at radius 1 is 0.840 bits per heavy atom. The Morgan fingerprint density at radius 2 is 1.28 bits per heavy atom. The first-order valence-corrected chi connectivity index (χ1v) is 8.18. The van der Waals surface area contributed by atoms with Crippen LogP contribution in [-0.2, 0) is 12.8 Å². The Hall–Kier alpha value is -2.80. The van der Waals surface area contributed by atoms with E-state index in [-0.39, 0.29) is 21.2 Å². The van der Waals surface area contributed by atoms with Gasteiger partial charge in [0.2, 0.25) is 0 Å². The normalized spacial score (nSPS) is 10.8. The van der Waals surface area contributed by atoms with Gasteiger partial charge in [0.05, 0.1) is 9.85 Å². The lowest BCUT2D eigenvalue weighted by Gasteiger charge is -2.20. The average Bonchev–Trinajstić information content (AvgIpc) is 2.62. The molecule has 0 amide bonds. The zero-order valence-electron chi connectivity index (χ0n) is 14.1. The van der Waals surface area contributed by atoms with Crippen LogP contribution >= 0.6 is 0 Å². The fourth-order valence-corrected chi connectivity index (χ4v) is 2.65. The molecule has 0 unspecified atom stereocenters. The van der Waals surface area contributed by atoms with E-state index in [9.17, 15) is 20.2 Å². The van der Waals surface area contributed by atoms with Crippen LogP contribution in [0.25, 0.3) is 0 Å². The van der Waals surface area contributed by atoms with Crippen molar-refractivity contribution >= 4 is 11.4 Å². The minimum Gasteiger partial charge on any atom is -0.303 e. The van der Waals surface area contributed by atoms with E-state index in [0.29, 0.717) is 0 Å². The predicted molar refractivity (Wildman–Crippen MR) is 95.7 cm³/mol. The molecule has 2 aromatic carbocycles. The van der Waals surface area contributed by atoms with Gasteiger partial charge < -0.3 is 4.90 Å². The first kappa shape index (κ1) is 18.5. The van der Waals surface area contributed by atoms with Crippen molar-refractivity contribution in [3.05, 3.63) is 79.9 Å². The largest absolute Gasteiger partial charge is 0.303 e. The van der Waals surface area contributed by atoms with Gasteiger partial charge in [-0.25, -0.2) is 0 Å². The molecule has 0 aromatic heterocycles. The van der Waals surface area contributed by atoms with E-state index >= 15 is 0 Å². The van der Waals surface area contributed by atoms with Crippen LogP contribution < -0.4 is 0 Å². The molecule has 0 bridgehead atoms. The lowest BCUT2D eigenvalue weighted by Crippen LogP contribution is -2.28. The second-order valence-corrected chi connectivity index (χ2v) is 5.79. The Bertz CT molecular complexity index is 687. The molecule has 0 aliphatic rings. The van der Waals surface area contributed by atoms with Crippen LogP contribution in [0.5, 0.6) is 0 Å². The SMILES string of the molecule is CCN(CCc1cccc([N+](=O)[O-])c1)CCc1cccc([N+](=O)[O-])c1. The van der Waals surface area contributed by atoms with E-state index in [4.69, 9.17) is 0 Å². The second-order valence-electron chi connectivity index (χ2n) is 5.79. The molecular weight excluding hydrogens is 322 g/mol. The molecule has 7 nitrogen and oxygen atoms in total. The van der Waals surface area contributed by atoms with E-state index in [1.165, 1.54) is 12.1 Å². The van der Waals surface area contributed by atoms with E-state index in [1.54, 1.807) is 24.3 Å². The van der Waals surface area contributed by atoms with Gasteiger partial charge >= 0.3 is 0 Å². The highest BCUT2D eigenvalue weighted by molar-refractivity contribution is 5.35. The summed E-state index contributed by atoms with van der Waals surface area (Å²) in [5.74, 6) is 0. The molecule has 2 rings (SSSR count). The minimum atomic E-state index is -0.386. The molecule has 132 valence electrons. The van der Waals surface area contributed by atoms with Gasteiger partial charge in [-0.2, -0.15) is 0 Å². The molecule has 0 heterocycles. The standard InChI is InChI=1S/C18H21N3O4/c1-2-19(11-9-15-5-3-7-17(13-15)20(22)23)12-10-16-6-4-8-18(14-16)21(24)25/h3-8,13-14H,2,9-12H2,1H3. The smallest absolute Gasteiger partial charge is 0.269 e. The summed E-state index contributed by atoms with van der Waals surface area (Å²) in [5.41, 5.74) is 2.08. The van der Waals surface area contributed by atoms with Crippen molar-refractivity contribution in [3.63, 3.8) is 0 Å². The summed E-state index contributed by atoms with van der Waals surface area (Å²) in [7, 11) is 0. The molecule has 7 heteroatoms. The van der Waals surface area contributed by atoms with Crippen molar-refractivity contribution in [2.75, 3.05) is 19.6 Å². The molecule has 0 aliphatic carbocycles. The van der Waals surface area contributed by atoms with Crippen LogP contribution in [0.2, 0.25) is 0 Å². The quantitative estimate of drug-likeness (QED) is 0.512. The number of benzene rings is 2. The highest BCUT2D eigenvalue weighted by Gasteiger charge is 2.09. The average molecular weight is 343 g/mol. The molecule has 0 atom stereocenters. The molecule has 0 N–H and O–H groups in total. The van der Waals surface area contributed by atoms with E-state index < -0.39 is 0 Å². The van der Waals surface area contributed by atoms with Gasteiger partial charge in [0.1, 0.15) is 0 Å². The third kappa shape index (κ3) is 5.65. The number of non-ortho nitro benzene ring substituents is 2. The van der Waals surface area contributed by atoms with Crippen LogP contribution in [-0.4, -0.2) is 34.4 Å². The van der Waals surface area contributed by atoms with Crippen molar-refractivity contribution in [1.29, 1.82) is 0 Å². The Balaban J connectivity index is 1.90. The Morgan fingerprint density at radius 3 is 1.64 bits per heavy atom. The van der Waals surface area contributed by atoms with Crippen molar-refractivity contribution in [2.45, 2.75) is 19.8 Å². The van der Waals surface area contributed by atoms with Crippen LogP contribution in [0.4, 0.5) is 11.4 Å². The Labute approximate surface area is 146 Å². The van der Waals surface area contributed by atoms with Gasteiger partial charge in [-0.05, 0) is 30.5 Å². The maximum Gasteiger partial charge on any atom is 0.269 e. The molecule has 0 aliphatic heterocycles. The summed E-state index contributed by atoms with van der Waals surface area (Å²) in [6.45, 7) is 4.48. The number of nitro groups is 2. The summed E-state index contributed by atoms with van der Waals surface area (Å²) < 4.78 is 0. The van der Waals surface area contributed by atoms with Crippen molar-refractivity contribution < 1.29 is 9.85 Å². The van der Waals surface area contributed by atoms with Crippen LogP contribution in [0.1, 0.15) is 18.1 Å². The number of hydrogen-bond donors (Lipinski definition) is 0. The molecule has 0 fully saturated rings. The fourth-order valence-electron chi connectivity index (χ4n) is 2.65.